The van der Waals surface area contributed by atoms with Crippen LogP contribution in [0.5, 0.6) is 0 Å². The van der Waals surface area contributed by atoms with E-state index in [1.165, 1.54) is 27.8 Å². The molecular formula is C27H31N3O. The lowest BCUT2D eigenvalue weighted by molar-refractivity contribution is 0.154. The number of aryl methyl sites for hydroxylation is 3. The van der Waals surface area contributed by atoms with Crippen LogP contribution in [-0.4, -0.2) is 22.9 Å². The maximum absolute atomic E-state index is 9.12. The zero-order valence-corrected chi connectivity index (χ0v) is 18.9. The first kappa shape index (κ1) is 21.1. The fourth-order valence-corrected chi connectivity index (χ4v) is 4.23. The minimum atomic E-state index is 0.0452. The van der Waals surface area contributed by atoms with E-state index in [9.17, 15) is 0 Å². The fraction of sp³-hybridized carbons (Fsp3) is 0.296. The number of benzene rings is 3. The van der Waals surface area contributed by atoms with Crippen LogP contribution in [-0.2, 0) is 17.7 Å². The molecule has 160 valence electrons. The molecule has 0 bridgehead atoms. The smallest absolute Gasteiger partial charge is 0.203 e. The van der Waals surface area contributed by atoms with Gasteiger partial charge in [0.05, 0.1) is 30.2 Å². The predicted molar refractivity (Wildman–Crippen MR) is 127 cm³/mol. The Hall–Kier alpha value is -3.11. The van der Waals surface area contributed by atoms with Crippen molar-refractivity contribution in [3.8, 4) is 0 Å². The summed E-state index contributed by atoms with van der Waals surface area (Å²) in [5.41, 5.74) is 8.84. The predicted octanol–water partition coefficient (Wildman–Crippen LogP) is 5.33. The van der Waals surface area contributed by atoms with Crippen LogP contribution in [0.4, 0.5) is 0 Å². The Kier molecular flexibility index (Phi) is 6.10. The van der Waals surface area contributed by atoms with Crippen molar-refractivity contribution in [2.75, 3.05) is 13.7 Å². The Morgan fingerprint density at radius 3 is 1.97 bits per heavy atom. The van der Waals surface area contributed by atoms with Crippen LogP contribution in [0, 0.1) is 26.2 Å². The van der Waals surface area contributed by atoms with Crippen molar-refractivity contribution in [2.45, 2.75) is 39.8 Å². The van der Waals surface area contributed by atoms with Crippen molar-refractivity contribution in [3.05, 3.63) is 100 Å². The number of hydrogen-bond donors (Lipinski definition) is 1. The van der Waals surface area contributed by atoms with Gasteiger partial charge < -0.3 is 13.9 Å². The van der Waals surface area contributed by atoms with Gasteiger partial charge in [-0.3, -0.25) is 5.41 Å². The first-order valence-electron chi connectivity index (χ1n) is 10.8. The van der Waals surface area contributed by atoms with Gasteiger partial charge in [-0.2, -0.15) is 0 Å². The van der Waals surface area contributed by atoms with E-state index in [1.54, 1.807) is 7.11 Å². The third kappa shape index (κ3) is 4.49. The van der Waals surface area contributed by atoms with E-state index in [0.29, 0.717) is 18.8 Å². The highest BCUT2D eigenvalue weighted by Crippen LogP contribution is 2.23. The molecular weight excluding hydrogens is 382 g/mol. The molecule has 0 saturated heterocycles. The zero-order chi connectivity index (χ0) is 22.0. The first-order valence-corrected chi connectivity index (χ1v) is 10.8. The van der Waals surface area contributed by atoms with Crippen LogP contribution in [0.2, 0.25) is 0 Å². The largest absolute Gasteiger partial charge is 0.383 e. The van der Waals surface area contributed by atoms with Crippen molar-refractivity contribution in [2.24, 2.45) is 0 Å². The molecule has 4 nitrogen and oxygen atoms in total. The summed E-state index contributed by atoms with van der Waals surface area (Å²) in [4.78, 5) is 0. The maximum atomic E-state index is 9.12. The summed E-state index contributed by atoms with van der Waals surface area (Å²) in [5.74, 6) is 0. The normalized spacial score (nSPS) is 12.4. The van der Waals surface area contributed by atoms with E-state index in [4.69, 9.17) is 10.1 Å². The molecule has 1 aromatic heterocycles. The Morgan fingerprint density at radius 2 is 1.35 bits per heavy atom. The van der Waals surface area contributed by atoms with E-state index in [0.717, 1.165) is 17.5 Å². The summed E-state index contributed by atoms with van der Waals surface area (Å²) in [5, 5.41) is 9.12. The van der Waals surface area contributed by atoms with Gasteiger partial charge in [0.25, 0.3) is 0 Å². The van der Waals surface area contributed by atoms with Crippen molar-refractivity contribution in [1.82, 2.24) is 9.13 Å². The number of nitrogens with one attached hydrogen (secondary N) is 1. The number of aromatic nitrogens is 2. The van der Waals surface area contributed by atoms with Crippen LogP contribution < -0.4 is 5.62 Å². The number of methoxy groups -OCH3 is 1. The summed E-state index contributed by atoms with van der Waals surface area (Å²) in [6.45, 7) is 7.55. The van der Waals surface area contributed by atoms with Crippen LogP contribution in [0.15, 0.2) is 66.7 Å². The van der Waals surface area contributed by atoms with E-state index >= 15 is 0 Å². The van der Waals surface area contributed by atoms with Gasteiger partial charge in [0.15, 0.2) is 0 Å². The number of fused-ring (bicyclic) bond motifs is 1. The van der Waals surface area contributed by atoms with E-state index in [-0.39, 0.29) is 6.04 Å². The molecule has 0 radical (unpaired) electrons. The molecule has 4 aromatic rings. The Balaban J connectivity index is 1.82. The van der Waals surface area contributed by atoms with Gasteiger partial charge >= 0.3 is 0 Å². The quantitative estimate of drug-likeness (QED) is 0.437. The molecule has 1 atom stereocenters. The number of rotatable bonds is 7. The minimum Gasteiger partial charge on any atom is -0.383 e. The molecule has 1 heterocycles. The molecule has 1 N–H and O–H groups in total. The van der Waals surface area contributed by atoms with Crippen LogP contribution in [0.1, 0.15) is 33.9 Å². The average Bonchev–Trinajstić information content (AvgIpc) is 3.01. The number of imidazole rings is 1. The van der Waals surface area contributed by atoms with Crippen molar-refractivity contribution in [1.29, 1.82) is 5.41 Å². The summed E-state index contributed by atoms with van der Waals surface area (Å²) in [6, 6.07) is 23.7. The first-order chi connectivity index (χ1) is 15.0. The second-order valence-corrected chi connectivity index (χ2v) is 8.56. The number of hydrogen-bond acceptors (Lipinski definition) is 2. The number of nitrogens with zero attached hydrogens (tertiary/aromatic N) is 2. The summed E-state index contributed by atoms with van der Waals surface area (Å²) in [6.07, 6.45) is 0.822. The number of ether oxygens (including phenoxy) is 1. The Morgan fingerprint density at radius 1 is 0.774 bits per heavy atom. The molecule has 31 heavy (non-hydrogen) atoms. The van der Waals surface area contributed by atoms with Gasteiger partial charge in [0.1, 0.15) is 0 Å². The summed E-state index contributed by atoms with van der Waals surface area (Å²) in [7, 11) is 1.74. The highest BCUT2D eigenvalue weighted by Gasteiger charge is 2.20. The average molecular weight is 414 g/mol. The SMILES string of the molecule is COC[C@H](Cc1ccc(C)cc1)n1c(=N)n(Cc2ccc(C)cc2)c2ccc(C)cc21. The fourth-order valence-electron chi connectivity index (χ4n) is 4.23. The lowest BCUT2D eigenvalue weighted by Gasteiger charge is -2.19. The van der Waals surface area contributed by atoms with Crippen molar-refractivity contribution >= 4 is 11.0 Å². The lowest BCUT2D eigenvalue weighted by atomic mass is 10.0. The molecule has 0 saturated carbocycles. The molecule has 0 aliphatic heterocycles. The molecule has 3 aromatic carbocycles. The van der Waals surface area contributed by atoms with E-state index in [2.05, 4.69) is 96.6 Å². The van der Waals surface area contributed by atoms with Gasteiger partial charge in [-0.25, -0.2) is 0 Å². The highest BCUT2D eigenvalue weighted by atomic mass is 16.5. The van der Waals surface area contributed by atoms with Crippen molar-refractivity contribution in [3.63, 3.8) is 0 Å². The van der Waals surface area contributed by atoms with Crippen LogP contribution in [0.25, 0.3) is 11.0 Å². The Labute approximate surface area is 184 Å². The third-order valence-electron chi connectivity index (χ3n) is 5.94. The molecule has 4 rings (SSSR count). The second-order valence-electron chi connectivity index (χ2n) is 8.56. The molecule has 4 heteroatoms. The Bertz CT molecular complexity index is 1230. The molecule has 0 spiro atoms. The lowest BCUT2D eigenvalue weighted by Crippen LogP contribution is -2.31. The monoisotopic (exact) mass is 413 g/mol. The standard InChI is InChI=1S/C27H31N3O/c1-19-5-10-22(11-6-19)16-24(18-31-4)30-26-15-21(3)9-14-25(26)29(27(30)28)17-23-12-7-20(2)8-13-23/h5-15,24,28H,16-18H2,1-4H3/t24-/m0/s1. The topological polar surface area (TPSA) is 42.9 Å². The van der Waals surface area contributed by atoms with Gasteiger partial charge in [-0.05, 0) is 56.0 Å². The summed E-state index contributed by atoms with van der Waals surface area (Å²) < 4.78 is 9.88. The molecule has 0 unspecified atom stereocenters. The van der Waals surface area contributed by atoms with Gasteiger partial charge in [0, 0.05) is 7.11 Å². The minimum absolute atomic E-state index is 0.0452. The van der Waals surface area contributed by atoms with Gasteiger partial charge in [-0.1, -0.05) is 65.7 Å². The summed E-state index contributed by atoms with van der Waals surface area (Å²) >= 11 is 0. The van der Waals surface area contributed by atoms with Gasteiger partial charge in [0.2, 0.25) is 5.62 Å². The third-order valence-corrected chi connectivity index (χ3v) is 5.94. The highest BCUT2D eigenvalue weighted by molar-refractivity contribution is 5.77. The zero-order valence-electron chi connectivity index (χ0n) is 18.9. The molecule has 0 aliphatic rings. The van der Waals surface area contributed by atoms with Crippen molar-refractivity contribution < 1.29 is 4.74 Å². The second kappa shape index (κ2) is 8.94. The maximum Gasteiger partial charge on any atom is 0.203 e. The molecule has 0 aliphatic carbocycles. The van der Waals surface area contributed by atoms with Crippen LogP contribution >= 0.6 is 0 Å². The molecule has 0 amide bonds. The molecule has 0 fully saturated rings. The van der Waals surface area contributed by atoms with E-state index < -0.39 is 0 Å². The van der Waals surface area contributed by atoms with Gasteiger partial charge in [-0.15, -0.1) is 0 Å². The van der Waals surface area contributed by atoms with E-state index in [1.807, 2.05) is 0 Å². The van der Waals surface area contributed by atoms with Crippen LogP contribution in [0.3, 0.4) is 0 Å².